The van der Waals surface area contributed by atoms with E-state index in [9.17, 15) is 0 Å². The van der Waals surface area contributed by atoms with Crippen LogP contribution in [-0.4, -0.2) is 12.8 Å². The van der Waals surface area contributed by atoms with Crippen molar-refractivity contribution in [2.75, 3.05) is 12.8 Å². The second kappa shape index (κ2) is 7.15. The largest absolute Gasteiger partial charge is 0.562 e. The lowest BCUT2D eigenvalue weighted by molar-refractivity contribution is 0.344. The lowest BCUT2D eigenvalue weighted by Crippen LogP contribution is -2.17. The van der Waals surface area contributed by atoms with Crippen LogP contribution in [0, 0.1) is 0 Å². The van der Waals surface area contributed by atoms with Crippen LogP contribution >= 0.6 is 7.92 Å². The highest BCUT2D eigenvalue weighted by Crippen LogP contribution is 2.33. The van der Waals surface area contributed by atoms with Crippen molar-refractivity contribution in [2.24, 2.45) is 0 Å². The van der Waals surface area contributed by atoms with Gasteiger partial charge in [-0.2, -0.15) is 18.2 Å². The van der Waals surface area contributed by atoms with E-state index in [1.54, 1.807) is 0 Å². The predicted molar refractivity (Wildman–Crippen MR) is 91.5 cm³/mol. The van der Waals surface area contributed by atoms with Crippen molar-refractivity contribution < 1.29 is 4.74 Å². The molecule has 1 nitrogen and oxygen atoms in total. The first-order chi connectivity index (χ1) is 10.4. The minimum atomic E-state index is -0.358. The lowest BCUT2D eigenvalue weighted by atomic mass is 10.4. The summed E-state index contributed by atoms with van der Waals surface area (Å²) < 4.78 is 5.84. The van der Waals surface area contributed by atoms with E-state index < -0.39 is 0 Å². The standard InChI is InChI=1S/C19H18OP/c1-3-11-18(12-4-1)21(19-13-5-2-6-14-19)16-15-20-17-9-7-8-10-17/h1-14H,15-16H2/q-1. The summed E-state index contributed by atoms with van der Waals surface area (Å²) >= 11 is 0. The van der Waals surface area contributed by atoms with Gasteiger partial charge in [0.05, 0.1) is 6.61 Å². The van der Waals surface area contributed by atoms with Crippen LogP contribution in [0.4, 0.5) is 0 Å². The normalized spacial score (nSPS) is 10.7. The van der Waals surface area contributed by atoms with Crippen LogP contribution in [0.15, 0.2) is 84.9 Å². The molecule has 2 heteroatoms. The van der Waals surface area contributed by atoms with Crippen molar-refractivity contribution in [2.45, 2.75) is 0 Å². The molecule has 0 N–H and O–H groups in total. The molecule has 3 aromatic carbocycles. The van der Waals surface area contributed by atoms with Gasteiger partial charge in [0.25, 0.3) is 0 Å². The maximum absolute atomic E-state index is 5.84. The summed E-state index contributed by atoms with van der Waals surface area (Å²) in [6.07, 6.45) is 1.04. The highest BCUT2D eigenvalue weighted by molar-refractivity contribution is 7.73. The van der Waals surface area contributed by atoms with Crippen LogP contribution in [0.3, 0.4) is 0 Å². The Balaban J connectivity index is 1.73. The van der Waals surface area contributed by atoms with E-state index in [1.165, 1.54) is 10.6 Å². The Labute approximate surface area is 127 Å². The number of ether oxygens (including phenoxy) is 1. The molecule has 21 heavy (non-hydrogen) atoms. The summed E-state index contributed by atoms with van der Waals surface area (Å²) in [4.78, 5) is 0. The van der Waals surface area contributed by atoms with E-state index in [1.807, 2.05) is 24.3 Å². The number of benzene rings is 2. The Kier molecular flexibility index (Phi) is 4.76. The van der Waals surface area contributed by atoms with E-state index in [0.29, 0.717) is 0 Å². The second-order valence-corrected chi connectivity index (χ2v) is 7.13. The summed E-state index contributed by atoms with van der Waals surface area (Å²) in [5.74, 6) is 0.964. The fraction of sp³-hybridized carbons (Fsp3) is 0.105. The van der Waals surface area contributed by atoms with E-state index in [4.69, 9.17) is 4.74 Å². The molecule has 106 valence electrons. The van der Waals surface area contributed by atoms with E-state index in [-0.39, 0.29) is 7.92 Å². The van der Waals surface area contributed by atoms with E-state index in [0.717, 1.165) is 18.5 Å². The van der Waals surface area contributed by atoms with Crippen molar-refractivity contribution in [3.63, 3.8) is 0 Å². The van der Waals surface area contributed by atoms with Crippen molar-refractivity contribution in [3.05, 3.63) is 84.9 Å². The van der Waals surface area contributed by atoms with Gasteiger partial charge in [-0.1, -0.05) is 60.7 Å². The second-order valence-electron chi connectivity index (χ2n) is 4.79. The highest BCUT2D eigenvalue weighted by atomic mass is 31.1. The molecule has 0 spiro atoms. The first-order valence-electron chi connectivity index (χ1n) is 7.15. The molecule has 0 fully saturated rings. The molecule has 0 atom stereocenters. The molecule has 3 rings (SSSR count). The van der Waals surface area contributed by atoms with Crippen LogP contribution in [0.2, 0.25) is 0 Å². The van der Waals surface area contributed by atoms with Gasteiger partial charge in [-0.15, -0.1) is 6.07 Å². The van der Waals surface area contributed by atoms with Gasteiger partial charge in [0.2, 0.25) is 0 Å². The highest BCUT2D eigenvalue weighted by Gasteiger charge is 2.12. The molecule has 3 aromatic rings. The molecular formula is C19H18OP-. The molecule has 0 aliphatic heterocycles. The van der Waals surface area contributed by atoms with Crippen LogP contribution in [0.1, 0.15) is 0 Å². The molecule has 0 saturated carbocycles. The minimum Gasteiger partial charge on any atom is -0.562 e. The lowest BCUT2D eigenvalue weighted by Gasteiger charge is -2.20. The molecule has 0 aliphatic rings. The minimum absolute atomic E-state index is 0.358. The van der Waals surface area contributed by atoms with Crippen LogP contribution in [0.25, 0.3) is 0 Å². The summed E-state index contributed by atoms with van der Waals surface area (Å²) in [6.45, 7) is 0.750. The fourth-order valence-corrected chi connectivity index (χ4v) is 4.48. The molecule has 0 bridgehead atoms. The van der Waals surface area contributed by atoms with Gasteiger partial charge < -0.3 is 4.74 Å². The topological polar surface area (TPSA) is 9.23 Å². The van der Waals surface area contributed by atoms with E-state index >= 15 is 0 Å². The summed E-state index contributed by atoms with van der Waals surface area (Å²) in [5.41, 5.74) is 0. The Bertz CT molecular complexity index is 592. The third-order valence-electron chi connectivity index (χ3n) is 3.35. The summed E-state index contributed by atoms with van der Waals surface area (Å²) in [7, 11) is -0.358. The van der Waals surface area contributed by atoms with Crippen molar-refractivity contribution in [3.8, 4) is 5.75 Å². The van der Waals surface area contributed by atoms with Gasteiger partial charge in [-0.25, -0.2) is 0 Å². The van der Waals surface area contributed by atoms with Crippen LogP contribution in [-0.2, 0) is 0 Å². The van der Waals surface area contributed by atoms with Gasteiger partial charge in [0.15, 0.2) is 0 Å². The van der Waals surface area contributed by atoms with Gasteiger partial charge >= 0.3 is 0 Å². The average Bonchev–Trinajstić information content (AvgIpc) is 3.07. The van der Waals surface area contributed by atoms with Gasteiger partial charge in [0, 0.05) is 6.16 Å². The maximum Gasteiger partial charge on any atom is 0.0744 e. The Morgan fingerprint density at radius 1 is 0.810 bits per heavy atom. The first kappa shape index (κ1) is 14.0. The van der Waals surface area contributed by atoms with Gasteiger partial charge in [0.1, 0.15) is 0 Å². The zero-order valence-corrected chi connectivity index (χ0v) is 12.7. The average molecular weight is 293 g/mol. The smallest absolute Gasteiger partial charge is 0.0744 e. The number of hydrogen-bond acceptors (Lipinski definition) is 1. The third-order valence-corrected chi connectivity index (χ3v) is 5.82. The SMILES string of the molecule is c1ccc(P(CCOc2cc[cH-]c2)c2ccccc2)cc1. The van der Waals surface area contributed by atoms with Crippen molar-refractivity contribution >= 4 is 18.5 Å². The van der Waals surface area contributed by atoms with Crippen molar-refractivity contribution in [1.82, 2.24) is 0 Å². The zero-order chi connectivity index (χ0) is 14.3. The molecule has 0 heterocycles. The zero-order valence-electron chi connectivity index (χ0n) is 11.9. The molecule has 0 amide bonds. The van der Waals surface area contributed by atoms with Gasteiger partial charge in [-0.3, -0.25) is 0 Å². The Morgan fingerprint density at radius 2 is 1.43 bits per heavy atom. The number of rotatable bonds is 6. The molecule has 0 aliphatic carbocycles. The monoisotopic (exact) mass is 293 g/mol. The number of hydrogen-bond donors (Lipinski definition) is 0. The quantitative estimate of drug-likeness (QED) is 0.494. The predicted octanol–water partition coefficient (Wildman–Crippen LogP) is 3.92. The van der Waals surface area contributed by atoms with Crippen LogP contribution < -0.4 is 15.3 Å². The van der Waals surface area contributed by atoms with Crippen molar-refractivity contribution in [1.29, 1.82) is 0 Å². The molecule has 0 radical (unpaired) electrons. The first-order valence-corrected chi connectivity index (χ1v) is 8.68. The fourth-order valence-electron chi connectivity index (χ4n) is 2.33. The molecule has 0 saturated heterocycles. The summed E-state index contributed by atoms with van der Waals surface area (Å²) in [6, 6.07) is 29.5. The molecular weight excluding hydrogens is 275 g/mol. The summed E-state index contributed by atoms with van der Waals surface area (Å²) in [5, 5.41) is 2.81. The van der Waals surface area contributed by atoms with Crippen LogP contribution in [0.5, 0.6) is 5.75 Å². The van der Waals surface area contributed by atoms with E-state index in [2.05, 4.69) is 60.7 Å². The Morgan fingerprint density at radius 3 is 1.95 bits per heavy atom. The third kappa shape index (κ3) is 3.77. The molecule has 0 aromatic heterocycles. The molecule has 0 unspecified atom stereocenters. The van der Waals surface area contributed by atoms with Gasteiger partial charge in [-0.05, 0) is 24.3 Å². The Hall–Kier alpha value is -1.98. The maximum atomic E-state index is 5.84.